The molecule has 2 aromatic rings. The second kappa shape index (κ2) is 3.68. The van der Waals surface area contributed by atoms with Crippen molar-refractivity contribution in [3.05, 3.63) is 18.7 Å². The summed E-state index contributed by atoms with van der Waals surface area (Å²) in [6.45, 7) is 5.56. The van der Waals surface area contributed by atoms with Gasteiger partial charge in [0.15, 0.2) is 5.82 Å². The van der Waals surface area contributed by atoms with E-state index in [4.69, 9.17) is 0 Å². The van der Waals surface area contributed by atoms with E-state index in [1.807, 2.05) is 10.6 Å². The van der Waals surface area contributed by atoms with Crippen LogP contribution < -0.4 is 5.32 Å². The minimum Gasteiger partial charge on any atom is -0.366 e. The Morgan fingerprint density at radius 3 is 3.00 bits per heavy atom. The van der Waals surface area contributed by atoms with Crippen molar-refractivity contribution in [2.75, 3.05) is 11.9 Å². The Morgan fingerprint density at radius 2 is 2.29 bits per heavy atom. The molecule has 5 nitrogen and oxygen atoms in total. The van der Waals surface area contributed by atoms with Crippen molar-refractivity contribution in [3.63, 3.8) is 0 Å². The number of aromatic nitrogens is 4. The van der Waals surface area contributed by atoms with Crippen molar-refractivity contribution in [1.29, 1.82) is 0 Å². The van der Waals surface area contributed by atoms with E-state index in [-0.39, 0.29) is 0 Å². The molecule has 0 bridgehead atoms. The van der Waals surface area contributed by atoms with Crippen LogP contribution in [0.2, 0.25) is 0 Å². The van der Waals surface area contributed by atoms with Gasteiger partial charge in [-0.05, 0) is 24.2 Å². The van der Waals surface area contributed by atoms with E-state index in [9.17, 15) is 0 Å². The van der Waals surface area contributed by atoms with Crippen molar-refractivity contribution in [2.24, 2.45) is 11.3 Å². The van der Waals surface area contributed by atoms with Gasteiger partial charge in [-0.1, -0.05) is 13.8 Å². The molecule has 17 heavy (non-hydrogen) atoms. The number of fused-ring (bicyclic) bond motifs is 1. The van der Waals surface area contributed by atoms with E-state index < -0.39 is 0 Å². The van der Waals surface area contributed by atoms with Gasteiger partial charge in [0.1, 0.15) is 6.33 Å². The van der Waals surface area contributed by atoms with Gasteiger partial charge in [-0.3, -0.25) is 4.40 Å². The zero-order valence-electron chi connectivity index (χ0n) is 10.2. The monoisotopic (exact) mass is 231 g/mol. The molecule has 0 aliphatic heterocycles. The smallest absolute Gasteiger partial charge is 0.203 e. The van der Waals surface area contributed by atoms with Gasteiger partial charge in [-0.15, -0.1) is 10.2 Å². The van der Waals surface area contributed by atoms with Gasteiger partial charge in [-0.2, -0.15) is 0 Å². The largest absolute Gasteiger partial charge is 0.366 e. The second-order valence-electron chi connectivity index (χ2n) is 5.21. The third kappa shape index (κ3) is 1.75. The third-order valence-electron chi connectivity index (χ3n) is 3.94. The number of nitrogens with zero attached hydrogens (tertiary/aromatic N) is 4. The molecule has 90 valence electrons. The van der Waals surface area contributed by atoms with E-state index >= 15 is 0 Å². The molecule has 1 aliphatic rings. The van der Waals surface area contributed by atoms with Crippen molar-refractivity contribution in [2.45, 2.75) is 26.7 Å². The molecule has 1 N–H and O–H groups in total. The lowest BCUT2D eigenvalue weighted by molar-refractivity contribution is 0.380. The first-order valence-electron chi connectivity index (χ1n) is 6.09. The van der Waals surface area contributed by atoms with Crippen molar-refractivity contribution in [1.82, 2.24) is 19.6 Å². The molecule has 0 spiro atoms. The van der Waals surface area contributed by atoms with Crippen molar-refractivity contribution >= 4 is 11.5 Å². The zero-order chi connectivity index (χ0) is 11.9. The van der Waals surface area contributed by atoms with Crippen LogP contribution in [0.4, 0.5) is 5.82 Å². The molecule has 1 fully saturated rings. The number of hydrogen-bond donors (Lipinski definition) is 1. The first-order chi connectivity index (χ1) is 8.21. The molecule has 3 rings (SSSR count). The van der Waals surface area contributed by atoms with Crippen molar-refractivity contribution < 1.29 is 0 Å². The summed E-state index contributed by atoms with van der Waals surface area (Å²) in [6, 6.07) is 0. The van der Waals surface area contributed by atoms with Crippen LogP contribution >= 0.6 is 0 Å². The van der Waals surface area contributed by atoms with Crippen LogP contribution in [-0.4, -0.2) is 26.1 Å². The van der Waals surface area contributed by atoms with E-state index in [0.29, 0.717) is 11.3 Å². The van der Waals surface area contributed by atoms with E-state index in [2.05, 4.69) is 34.3 Å². The average Bonchev–Trinajstić information content (AvgIpc) is 2.96. The SMILES string of the molecule is CC(C)C1(CNc2nccn3cnnc23)CC1. The summed E-state index contributed by atoms with van der Waals surface area (Å²) in [6.07, 6.45) is 7.95. The fourth-order valence-corrected chi connectivity index (χ4v) is 2.26. The molecule has 5 heteroatoms. The molecule has 0 atom stereocenters. The van der Waals surface area contributed by atoms with E-state index in [1.54, 1.807) is 12.5 Å². The lowest BCUT2D eigenvalue weighted by Gasteiger charge is -2.20. The summed E-state index contributed by atoms with van der Waals surface area (Å²) in [7, 11) is 0. The highest BCUT2D eigenvalue weighted by Gasteiger charge is 2.45. The fourth-order valence-electron chi connectivity index (χ4n) is 2.26. The topological polar surface area (TPSA) is 55.1 Å². The lowest BCUT2D eigenvalue weighted by Crippen LogP contribution is -2.21. The number of nitrogens with one attached hydrogen (secondary N) is 1. The predicted octanol–water partition coefficient (Wildman–Crippen LogP) is 1.97. The molecule has 0 saturated heterocycles. The molecule has 2 aromatic heterocycles. The molecular formula is C12H17N5. The van der Waals surface area contributed by atoms with Gasteiger partial charge in [0, 0.05) is 18.9 Å². The van der Waals surface area contributed by atoms with Crippen molar-refractivity contribution in [3.8, 4) is 0 Å². The summed E-state index contributed by atoms with van der Waals surface area (Å²) in [5.74, 6) is 1.55. The van der Waals surface area contributed by atoms with Gasteiger partial charge >= 0.3 is 0 Å². The highest BCUT2D eigenvalue weighted by atomic mass is 15.2. The fraction of sp³-hybridized carbons (Fsp3) is 0.583. The Balaban J connectivity index is 1.79. The molecule has 1 aliphatic carbocycles. The summed E-state index contributed by atoms with van der Waals surface area (Å²) >= 11 is 0. The summed E-state index contributed by atoms with van der Waals surface area (Å²) in [4.78, 5) is 4.33. The van der Waals surface area contributed by atoms with Crippen LogP contribution in [-0.2, 0) is 0 Å². The first-order valence-corrected chi connectivity index (χ1v) is 6.09. The van der Waals surface area contributed by atoms with E-state index in [1.165, 1.54) is 12.8 Å². The maximum atomic E-state index is 4.33. The first kappa shape index (κ1) is 10.5. The Morgan fingerprint density at radius 1 is 1.47 bits per heavy atom. The number of rotatable bonds is 4. The summed E-state index contributed by atoms with van der Waals surface area (Å²) in [5.41, 5.74) is 1.26. The average molecular weight is 231 g/mol. The second-order valence-corrected chi connectivity index (χ2v) is 5.21. The van der Waals surface area contributed by atoms with Crippen LogP contribution in [0.5, 0.6) is 0 Å². The molecular weight excluding hydrogens is 214 g/mol. The summed E-state index contributed by atoms with van der Waals surface area (Å²) < 4.78 is 1.88. The number of hydrogen-bond acceptors (Lipinski definition) is 4. The molecule has 0 radical (unpaired) electrons. The minimum absolute atomic E-state index is 0.467. The third-order valence-corrected chi connectivity index (χ3v) is 3.94. The zero-order valence-corrected chi connectivity index (χ0v) is 10.2. The molecule has 0 aromatic carbocycles. The molecule has 0 amide bonds. The number of anilines is 1. The van der Waals surface area contributed by atoms with Gasteiger partial charge < -0.3 is 5.32 Å². The predicted molar refractivity (Wildman–Crippen MR) is 65.8 cm³/mol. The van der Waals surface area contributed by atoms with Crippen LogP contribution in [0.15, 0.2) is 18.7 Å². The van der Waals surface area contributed by atoms with Gasteiger partial charge in [0.2, 0.25) is 5.65 Å². The van der Waals surface area contributed by atoms with Gasteiger partial charge in [-0.25, -0.2) is 4.98 Å². The lowest BCUT2D eigenvalue weighted by atomic mass is 9.92. The summed E-state index contributed by atoms with van der Waals surface area (Å²) in [5, 5.41) is 11.4. The highest BCUT2D eigenvalue weighted by Crippen LogP contribution is 2.51. The molecule has 0 unspecified atom stereocenters. The maximum absolute atomic E-state index is 4.33. The minimum atomic E-state index is 0.467. The highest BCUT2D eigenvalue weighted by molar-refractivity contribution is 5.61. The standard InChI is InChI=1S/C12H17N5/c1-9(2)12(3-4-12)7-14-10-11-16-15-8-17(11)6-5-13-10/h5-6,8-9H,3-4,7H2,1-2H3,(H,13,14). The molecule has 2 heterocycles. The van der Waals surface area contributed by atoms with Crippen LogP contribution in [0.25, 0.3) is 5.65 Å². The van der Waals surface area contributed by atoms with E-state index in [0.717, 1.165) is 18.0 Å². The van der Waals surface area contributed by atoms with Crippen LogP contribution in [0.1, 0.15) is 26.7 Å². The quantitative estimate of drug-likeness (QED) is 0.874. The van der Waals surface area contributed by atoms with Gasteiger partial charge in [0.25, 0.3) is 0 Å². The Hall–Kier alpha value is -1.65. The normalized spacial score (nSPS) is 17.6. The van der Waals surface area contributed by atoms with Crippen LogP contribution in [0.3, 0.4) is 0 Å². The maximum Gasteiger partial charge on any atom is 0.203 e. The van der Waals surface area contributed by atoms with Gasteiger partial charge in [0.05, 0.1) is 0 Å². The Labute approximate surface area is 100 Å². The Kier molecular flexibility index (Phi) is 2.28. The Bertz CT molecular complexity index is 526. The van der Waals surface area contributed by atoms with Crippen LogP contribution in [0, 0.1) is 11.3 Å². The molecule has 1 saturated carbocycles.